The lowest BCUT2D eigenvalue weighted by atomic mass is 9.97. The number of morpholine rings is 1. The molecule has 0 atom stereocenters. The summed E-state index contributed by atoms with van der Waals surface area (Å²) in [6.45, 7) is 7.57. The van der Waals surface area contributed by atoms with Crippen molar-refractivity contribution >= 4 is 15.9 Å². The fourth-order valence-electron chi connectivity index (χ4n) is 3.81. The van der Waals surface area contributed by atoms with Crippen molar-refractivity contribution in [3.05, 3.63) is 35.4 Å². The van der Waals surface area contributed by atoms with E-state index in [0.29, 0.717) is 32.5 Å². The van der Waals surface area contributed by atoms with Crippen LogP contribution >= 0.6 is 0 Å². The number of hydrogen-bond donors (Lipinski definition) is 1. The molecule has 1 aromatic rings. The summed E-state index contributed by atoms with van der Waals surface area (Å²) in [4.78, 5) is 14.7. The summed E-state index contributed by atoms with van der Waals surface area (Å²) in [5.41, 5.74) is 1.86. The summed E-state index contributed by atoms with van der Waals surface area (Å²) >= 11 is 0. The van der Waals surface area contributed by atoms with Crippen molar-refractivity contribution in [3.8, 4) is 0 Å². The first-order chi connectivity index (χ1) is 13.4. The Hall–Kier alpha value is -1.48. The van der Waals surface area contributed by atoms with Crippen molar-refractivity contribution in [1.29, 1.82) is 0 Å². The van der Waals surface area contributed by atoms with Crippen LogP contribution in [0.15, 0.2) is 24.3 Å². The van der Waals surface area contributed by atoms with Crippen molar-refractivity contribution in [2.45, 2.75) is 25.5 Å². The Labute approximate surface area is 168 Å². The van der Waals surface area contributed by atoms with Gasteiger partial charge in [0.1, 0.15) is 0 Å². The van der Waals surface area contributed by atoms with E-state index in [9.17, 15) is 13.2 Å². The smallest absolute Gasteiger partial charge is 0.223 e. The highest BCUT2D eigenvalue weighted by molar-refractivity contribution is 7.88. The second kappa shape index (κ2) is 9.82. The van der Waals surface area contributed by atoms with Crippen LogP contribution in [0.1, 0.15) is 24.0 Å². The van der Waals surface area contributed by atoms with E-state index in [1.54, 1.807) is 0 Å². The van der Waals surface area contributed by atoms with Gasteiger partial charge in [-0.2, -0.15) is 0 Å². The van der Waals surface area contributed by atoms with E-state index in [2.05, 4.69) is 10.2 Å². The molecule has 1 N–H and O–H groups in total. The molecule has 1 amide bonds. The molecule has 156 valence electrons. The van der Waals surface area contributed by atoms with Gasteiger partial charge in [0.05, 0.1) is 19.0 Å². The Morgan fingerprint density at radius 2 is 1.89 bits per heavy atom. The molecular formula is C20H31N3O4S. The van der Waals surface area contributed by atoms with Crippen LogP contribution in [0.3, 0.4) is 0 Å². The number of carbonyl (C=O) groups is 1. The maximum atomic E-state index is 12.7. The van der Waals surface area contributed by atoms with Gasteiger partial charge in [0.15, 0.2) is 0 Å². The second-order valence-corrected chi connectivity index (χ2v) is 9.63. The highest BCUT2D eigenvalue weighted by Crippen LogP contribution is 2.22. The van der Waals surface area contributed by atoms with Crippen molar-refractivity contribution in [2.24, 2.45) is 5.92 Å². The van der Waals surface area contributed by atoms with Gasteiger partial charge in [0.25, 0.3) is 0 Å². The number of amides is 1. The predicted molar refractivity (Wildman–Crippen MR) is 108 cm³/mol. The number of hydrogen-bond acceptors (Lipinski definition) is 5. The van der Waals surface area contributed by atoms with Crippen molar-refractivity contribution in [3.63, 3.8) is 0 Å². The summed E-state index contributed by atoms with van der Waals surface area (Å²) in [6, 6.07) is 7.60. The van der Waals surface area contributed by atoms with Crippen LogP contribution in [0, 0.1) is 12.8 Å². The fraction of sp³-hybridized carbons (Fsp3) is 0.650. The maximum absolute atomic E-state index is 12.7. The first-order valence-electron chi connectivity index (χ1n) is 10.1. The third-order valence-electron chi connectivity index (χ3n) is 5.48. The van der Waals surface area contributed by atoms with Crippen molar-refractivity contribution in [1.82, 2.24) is 14.5 Å². The van der Waals surface area contributed by atoms with Gasteiger partial charge >= 0.3 is 0 Å². The lowest BCUT2D eigenvalue weighted by Crippen LogP contribution is -2.45. The molecule has 0 spiro atoms. The van der Waals surface area contributed by atoms with Crippen LogP contribution in [0.4, 0.5) is 0 Å². The molecule has 1 aromatic carbocycles. The number of ether oxygens (including phenoxy) is 1. The molecule has 2 saturated heterocycles. The molecule has 2 aliphatic heterocycles. The van der Waals surface area contributed by atoms with Gasteiger partial charge in [-0.25, -0.2) is 12.7 Å². The van der Waals surface area contributed by atoms with E-state index < -0.39 is 10.0 Å². The molecule has 7 nitrogen and oxygen atoms in total. The summed E-state index contributed by atoms with van der Waals surface area (Å²) in [6.07, 6.45) is 1.16. The average molecular weight is 410 g/mol. The van der Waals surface area contributed by atoms with Gasteiger partial charge in [-0.15, -0.1) is 0 Å². The van der Waals surface area contributed by atoms with Crippen LogP contribution in [-0.4, -0.2) is 76.0 Å². The number of aryl methyl sites for hydroxylation is 1. The van der Waals surface area contributed by atoms with E-state index in [4.69, 9.17) is 4.74 Å². The lowest BCUT2D eigenvalue weighted by Gasteiger charge is -2.31. The topological polar surface area (TPSA) is 79.0 Å². The minimum absolute atomic E-state index is 0.0189. The van der Waals surface area contributed by atoms with Crippen LogP contribution in [0.5, 0.6) is 0 Å². The van der Waals surface area contributed by atoms with Crippen LogP contribution in [-0.2, 0) is 25.3 Å². The molecule has 0 aromatic heterocycles. The largest absolute Gasteiger partial charge is 0.379 e. The van der Waals surface area contributed by atoms with E-state index in [1.807, 2.05) is 31.2 Å². The molecule has 2 fully saturated rings. The summed E-state index contributed by atoms with van der Waals surface area (Å²) in [5.74, 6) is -0.0374. The average Bonchev–Trinajstić information content (AvgIpc) is 2.68. The molecule has 0 saturated carbocycles. The van der Waals surface area contributed by atoms with Gasteiger partial charge in [0.2, 0.25) is 15.9 Å². The molecule has 3 rings (SSSR count). The molecule has 8 heteroatoms. The number of sulfonamides is 1. The Bertz CT molecular complexity index is 754. The van der Waals surface area contributed by atoms with Gasteiger partial charge in [-0.3, -0.25) is 9.69 Å². The first-order valence-corrected chi connectivity index (χ1v) is 11.7. The Morgan fingerprint density at radius 3 is 2.57 bits per heavy atom. The molecule has 0 bridgehead atoms. The third kappa shape index (κ3) is 6.01. The number of nitrogens with zero attached hydrogens (tertiary/aromatic N) is 2. The highest BCUT2D eigenvalue weighted by atomic mass is 32.2. The fourth-order valence-corrected chi connectivity index (χ4v) is 5.36. The quantitative estimate of drug-likeness (QED) is 0.726. The normalized spacial score (nSPS) is 20.2. The SMILES string of the molecule is Cc1cccc(CS(=O)(=O)N2CCC(C(=O)NCCN3CCOCC3)CC2)c1. The van der Waals surface area contributed by atoms with Crippen LogP contribution < -0.4 is 5.32 Å². The van der Waals surface area contributed by atoms with Crippen LogP contribution in [0.25, 0.3) is 0 Å². The van der Waals surface area contributed by atoms with Crippen LogP contribution in [0.2, 0.25) is 0 Å². The summed E-state index contributed by atoms with van der Waals surface area (Å²) in [7, 11) is -3.35. The zero-order valence-corrected chi connectivity index (χ0v) is 17.4. The Balaban J connectivity index is 1.42. The second-order valence-electron chi connectivity index (χ2n) is 7.66. The molecule has 0 aliphatic carbocycles. The van der Waals surface area contributed by atoms with E-state index in [-0.39, 0.29) is 17.6 Å². The van der Waals surface area contributed by atoms with E-state index in [0.717, 1.165) is 44.0 Å². The number of piperidine rings is 1. The predicted octanol–water partition coefficient (Wildman–Crippen LogP) is 0.985. The first kappa shape index (κ1) is 21.2. The van der Waals surface area contributed by atoms with E-state index in [1.165, 1.54) is 4.31 Å². The standard InChI is InChI=1S/C20H31N3O4S/c1-17-3-2-4-18(15-17)16-28(25,26)23-8-5-19(6-9-23)20(24)21-7-10-22-11-13-27-14-12-22/h2-4,15,19H,5-14,16H2,1H3,(H,21,24). The number of nitrogens with one attached hydrogen (secondary N) is 1. The third-order valence-corrected chi connectivity index (χ3v) is 7.33. The molecule has 28 heavy (non-hydrogen) atoms. The number of rotatable bonds is 7. The van der Waals surface area contributed by atoms with Crippen molar-refractivity contribution < 1.29 is 17.9 Å². The molecule has 0 unspecified atom stereocenters. The highest BCUT2D eigenvalue weighted by Gasteiger charge is 2.31. The summed E-state index contributed by atoms with van der Waals surface area (Å²) < 4.78 is 32.3. The molecule has 2 heterocycles. The van der Waals surface area contributed by atoms with Gasteiger partial charge in [-0.1, -0.05) is 29.8 Å². The molecule has 2 aliphatic rings. The minimum atomic E-state index is -3.35. The van der Waals surface area contributed by atoms with Gasteiger partial charge in [0, 0.05) is 45.2 Å². The minimum Gasteiger partial charge on any atom is -0.379 e. The lowest BCUT2D eigenvalue weighted by molar-refractivity contribution is -0.126. The number of carbonyl (C=O) groups excluding carboxylic acids is 1. The zero-order valence-electron chi connectivity index (χ0n) is 16.6. The van der Waals surface area contributed by atoms with E-state index >= 15 is 0 Å². The Morgan fingerprint density at radius 1 is 1.18 bits per heavy atom. The van der Waals surface area contributed by atoms with Gasteiger partial charge in [-0.05, 0) is 25.3 Å². The van der Waals surface area contributed by atoms with Crippen molar-refractivity contribution in [2.75, 3.05) is 52.5 Å². The molecular weight excluding hydrogens is 378 g/mol. The summed E-state index contributed by atoms with van der Waals surface area (Å²) in [5, 5.41) is 3.01. The maximum Gasteiger partial charge on any atom is 0.223 e. The zero-order chi connectivity index (χ0) is 20.0. The monoisotopic (exact) mass is 409 g/mol. The molecule has 0 radical (unpaired) electrons. The van der Waals surface area contributed by atoms with Gasteiger partial charge < -0.3 is 10.1 Å². The number of benzene rings is 1. The Kier molecular flexibility index (Phi) is 7.45.